The smallest absolute Gasteiger partial charge is 0.336 e. The highest BCUT2D eigenvalue weighted by Crippen LogP contribution is 2.30. The second kappa shape index (κ2) is 2.78. The van der Waals surface area contributed by atoms with Crippen molar-refractivity contribution in [3.05, 3.63) is 39.7 Å². The van der Waals surface area contributed by atoms with Crippen LogP contribution >= 0.6 is 11.6 Å². The monoisotopic (exact) mass is 196 g/mol. The summed E-state index contributed by atoms with van der Waals surface area (Å²) in [6.45, 7) is 0. The van der Waals surface area contributed by atoms with Crippen LogP contribution in [0.2, 0.25) is 5.02 Å². The summed E-state index contributed by atoms with van der Waals surface area (Å²) in [6, 6.07) is 6.06. The van der Waals surface area contributed by atoms with Crippen molar-refractivity contribution in [3.8, 4) is 5.75 Å². The van der Waals surface area contributed by atoms with Gasteiger partial charge in [0.25, 0.3) is 0 Å². The molecule has 0 radical (unpaired) electrons. The second-order valence-electron chi connectivity index (χ2n) is 2.57. The third-order valence-electron chi connectivity index (χ3n) is 1.71. The van der Waals surface area contributed by atoms with Crippen molar-refractivity contribution in [2.45, 2.75) is 0 Å². The summed E-state index contributed by atoms with van der Waals surface area (Å²) in [6.07, 6.45) is 0. The molecule has 0 fully saturated rings. The van der Waals surface area contributed by atoms with Gasteiger partial charge in [0.05, 0.1) is 5.02 Å². The summed E-state index contributed by atoms with van der Waals surface area (Å²) in [7, 11) is 0. The van der Waals surface area contributed by atoms with Crippen molar-refractivity contribution >= 4 is 22.6 Å². The summed E-state index contributed by atoms with van der Waals surface area (Å²) in [5.74, 6) is -0.197. The molecule has 4 heteroatoms. The number of phenols is 1. The summed E-state index contributed by atoms with van der Waals surface area (Å²) in [5, 5.41) is 10.2. The quantitative estimate of drug-likeness (QED) is 0.657. The van der Waals surface area contributed by atoms with Gasteiger partial charge in [0.1, 0.15) is 0 Å². The fourth-order valence-corrected chi connectivity index (χ4v) is 1.24. The number of fused-ring (bicyclic) bond motifs is 1. The summed E-state index contributed by atoms with van der Waals surface area (Å²) >= 11 is 5.63. The number of rotatable bonds is 0. The normalized spacial score (nSPS) is 10.5. The van der Waals surface area contributed by atoms with Crippen LogP contribution in [0.1, 0.15) is 0 Å². The SMILES string of the molecule is O=c1ccc2ccc(Cl)c(O)c2o1. The zero-order valence-electron chi connectivity index (χ0n) is 6.45. The van der Waals surface area contributed by atoms with Gasteiger partial charge in [-0.15, -0.1) is 0 Å². The fraction of sp³-hybridized carbons (Fsp3) is 0. The van der Waals surface area contributed by atoms with E-state index in [1.165, 1.54) is 6.07 Å². The van der Waals surface area contributed by atoms with Gasteiger partial charge in [0.15, 0.2) is 11.3 Å². The molecule has 2 aromatic rings. The maximum atomic E-state index is 10.8. The minimum absolute atomic E-state index is 0.125. The number of halogens is 1. The van der Waals surface area contributed by atoms with Crippen molar-refractivity contribution in [3.63, 3.8) is 0 Å². The molecule has 3 nitrogen and oxygen atoms in total. The average Bonchev–Trinajstić information content (AvgIpc) is 2.12. The van der Waals surface area contributed by atoms with Gasteiger partial charge in [-0.2, -0.15) is 0 Å². The van der Waals surface area contributed by atoms with E-state index in [0.717, 1.165) is 0 Å². The topological polar surface area (TPSA) is 50.4 Å². The Bertz CT molecular complexity index is 516. The molecule has 0 saturated heterocycles. The van der Waals surface area contributed by atoms with E-state index in [-0.39, 0.29) is 16.4 Å². The molecule has 1 aromatic heterocycles. The molecule has 0 aliphatic carbocycles. The maximum absolute atomic E-state index is 10.8. The first-order valence-corrected chi connectivity index (χ1v) is 3.97. The standard InChI is InChI=1S/C9H5ClO3/c10-6-3-1-5-2-4-7(11)13-9(5)8(6)12/h1-4,12H. The van der Waals surface area contributed by atoms with Crippen LogP contribution in [0, 0.1) is 0 Å². The van der Waals surface area contributed by atoms with Crippen LogP contribution in [-0.2, 0) is 0 Å². The highest BCUT2D eigenvalue weighted by Gasteiger charge is 2.06. The van der Waals surface area contributed by atoms with Crippen LogP contribution in [0.4, 0.5) is 0 Å². The Morgan fingerprint density at radius 3 is 2.69 bits per heavy atom. The molecule has 1 N–H and O–H groups in total. The number of phenolic OH excluding ortho intramolecular Hbond substituents is 1. The lowest BCUT2D eigenvalue weighted by Crippen LogP contribution is -1.94. The lowest BCUT2D eigenvalue weighted by atomic mass is 10.2. The maximum Gasteiger partial charge on any atom is 0.336 e. The van der Waals surface area contributed by atoms with Gasteiger partial charge in [-0.3, -0.25) is 0 Å². The lowest BCUT2D eigenvalue weighted by molar-refractivity contribution is 0.457. The van der Waals surface area contributed by atoms with Crippen molar-refractivity contribution in [2.24, 2.45) is 0 Å². The molecular weight excluding hydrogens is 192 g/mol. The Morgan fingerprint density at radius 1 is 1.23 bits per heavy atom. The summed E-state index contributed by atoms with van der Waals surface area (Å²) in [4.78, 5) is 10.8. The highest BCUT2D eigenvalue weighted by molar-refractivity contribution is 6.33. The molecule has 1 heterocycles. The first-order chi connectivity index (χ1) is 6.18. The minimum Gasteiger partial charge on any atom is -0.503 e. The summed E-state index contributed by atoms with van der Waals surface area (Å²) < 4.78 is 4.78. The third kappa shape index (κ3) is 1.27. The van der Waals surface area contributed by atoms with Crippen LogP contribution in [0.15, 0.2) is 33.5 Å². The molecule has 1 aromatic carbocycles. The van der Waals surface area contributed by atoms with Crippen molar-refractivity contribution in [1.82, 2.24) is 0 Å². The molecule has 0 amide bonds. The number of hydrogen-bond acceptors (Lipinski definition) is 3. The van der Waals surface area contributed by atoms with Gasteiger partial charge in [0.2, 0.25) is 0 Å². The van der Waals surface area contributed by atoms with Gasteiger partial charge in [0, 0.05) is 11.5 Å². The van der Waals surface area contributed by atoms with Gasteiger partial charge < -0.3 is 9.52 Å². The summed E-state index contributed by atoms with van der Waals surface area (Å²) in [5.41, 5.74) is -0.384. The first kappa shape index (κ1) is 8.13. The first-order valence-electron chi connectivity index (χ1n) is 3.60. The molecule has 0 bridgehead atoms. The van der Waals surface area contributed by atoms with Crippen LogP contribution in [0.5, 0.6) is 5.75 Å². The van der Waals surface area contributed by atoms with Crippen molar-refractivity contribution in [1.29, 1.82) is 0 Å². The van der Waals surface area contributed by atoms with E-state index in [1.807, 2.05) is 0 Å². The molecule has 0 unspecified atom stereocenters. The predicted molar refractivity (Wildman–Crippen MR) is 49.2 cm³/mol. The molecular formula is C9H5ClO3. The lowest BCUT2D eigenvalue weighted by Gasteiger charge is -1.99. The van der Waals surface area contributed by atoms with Crippen LogP contribution in [0.3, 0.4) is 0 Å². The number of aromatic hydroxyl groups is 1. The van der Waals surface area contributed by atoms with Crippen molar-refractivity contribution < 1.29 is 9.52 Å². The molecule has 0 atom stereocenters. The fourth-order valence-electron chi connectivity index (χ4n) is 1.09. The molecule has 2 rings (SSSR count). The Hall–Kier alpha value is -1.48. The van der Waals surface area contributed by atoms with Gasteiger partial charge in [-0.05, 0) is 18.2 Å². The van der Waals surface area contributed by atoms with E-state index in [4.69, 9.17) is 16.0 Å². The van der Waals surface area contributed by atoms with Gasteiger partial charge in [-0.1, -0.05) is 11.6 Å². The van der Waals surface area contributed by atoms with E-state index in [0.29, 0.717) is 5.39 Å². The highest BCUT2D eigenvalue weighted by atomic mass is 35.5. The molecule has 0 spiro atoms. The average molecular weight is 197 g/mol. The second-order valence-corrected chi connectivity index (χ2v) is 2.98. The van der Waals surface area contributed by atoms with E-state index in [9.17, 15) is 9.90 Å². The van der Waals surface area contributed by atoms with E-state index in [1.54, 1.807) is 18.2 Å². The Balaban J connectivity index is 2.97. The van der Waals surface area contributed by atoms with Crippen LogP contribution < -0.4 is 5.63 Å². The Labute approximate surface area is 78.2 Å². The van der Waals surface area contributed by atoms with Gasteiger partial charge >= 0.3 is 5.63 Å². The minimum atomic E-state index is -0.509. The predicted octanol–water partition coefficient (Wildman–Crippen LogP) is 2.15. The van der Waals surface area contributed by atoms with E-state index < -0.39 is 5.63 Å². The zero-order valence-corrected chi connectivity index (χ0v) is 7.21. The largest absolute Gasteiger partial charge is 0.503 e. The molecule has 0 aliphatic rings. The third-order valence-corrected chi connectivity index (χ3v) is 2.02. The molecule has 13 heavy (non-hydrogen) atoms. The van der Waals surface area contributed by atoms with Crippen LogP contribution in [-0.4, -0.2) is 5.11 Å². The van der Waals surface area contributed by atoms with E-state index >= 15 is 0 Å². The Morgan fingerprint density at radius 2 is 1.92 bits per heavy atom. The van der Waals surface area contributed by atoms with Crippen LogP contribution in [0.25, 0.3) is 11.0 Å². The number of hydrogen-bond donors (Lipinski definition) is 1. The van der Waals surface area contributed by atoms with Gasteiger partial charge in [-0.25, -0.2) is 4.79 Å². The van der Waals surface area contributed by atoms with E-state index in [2.05, 4.69) is 0 Å². The molecule has 0 saturated carbocycles. The zero-order chi connectivity index (χ0) is 9.42. The molecule has 0 aliphatic heterocycles. The number of benzene rings is 1. The van der Waals surface area contributed by atoms with Crippen molar-refractivity contribution in [2.75, 3.05) is 0 Å². The molecule has 66 valence electrons. The Kier molecular flexibility index (Phi) is 1.74.